The zero-order valence-electron chi connectivity index (χ0n) is 21.8. The van der Waals surface area contributed by atoms with Crippen molar-refractivity contribution in [2.45, 2.75) is 11.4 Å². The minimum atomic E-state index is -4.34. The van der Waals surface area contributed by atoms with Crippen LogP contribution >= 0.6 is 15.9 Å². The SMILES string of the molecule is COc1ccc(CNc2nc3ccc(-c4cnc(OC)c(NS(=O)(=O)c5cc(F)cc(F)c5)c4)cc3cc2Br)cc1. The predicted octanol–water partition coefficient (Wildman–Crippen LogP) is 6.77. The fraction of sp³-hybridized carbons (Fsp3) is 0.103. The van der Waals surface area contributed by atoms with Crippen LogP contribution in [0.25, 0.3) is 22.0 Å². The van der Waals surface area contributed by atoms with Gasteiger partial charge in [0.1, 0.15) is 28.9 Å². The Morgan fingerprint density at radius 1 is 0.878 bits per heavy atom. The summed E-state index contributed by atoms with van der Waals surface area (Å²) in [7, 11) is -1.39. The van der Waals surface area contributed by atoms with Crippen LogP contribution in [0.4, 0.5) is 20.3 Å². The highest BCUT2D eigenvalue weighted by atomic mass is 79.9. The molecule has 0 radical (unpaired) electrons. The van der Waals surface area contributed by atoms with Crippen molar-refractivity contribution in [2.75, 3.05) is 24.3 Å². The average Bonchev–Trinajstić information content (AvgIpc) is 2.95. The molecule has 0 bridgehead atoms. The second-order valence-corrected chi connectivity index (χ2v) is 11.5. The summed E-state index contributed by atoms with van der Waals surface area (Å²) in [6, 6.07) is 18.8. The Labute approximate surface area is 243 Å². The lowest BCUT2D eigenvalue weighted by Crippen LogP contribution is -2.14. The van der Waals surface area contributed by atoms with E-state index in [1.165, 1.54) is 19.4 Å². The van der Waals surface area contributed by atoms with Crippen molar-refractivity contribution in [2.24, 2.45) is 0 Å². The van der Waals surface area contributed by atoms with Crippen molar-refractivity contribution < 1.29 is 26.7 Å². The van der Waals surface area contributed by atoms with Crippen LogP contribution < -0.4 is 19.5 Å². The Morgan fingerprint density at radius 3 is 2.29 bits per heavy atom. The Balaban J connectivity index is 1.41. The topological polar surface area (TPSA) is 102 Å². The van der Waals surface area contributed by atoms with E-state index in [4.69, 9.17) is 14.5 Å². The lowest BCUT2D eigenvalue weighted by Gasteiger charge is -2.14. The summed E-state index contributed by atoms with van der Waals surface area (Å²) >= 11 is 3.59. The number of fused-ring (bicyclic) bond motifs is 1. The number of anilines is 2. The number of hydrogen-bond donors (Lipinski definition) is 2. The third-order valence-corrected chi connectivity index (χ3v) is 8.11. The summed E-state index contributed by atoms with van der Waals surface area (Å²) in [5, 5.41) is 4.16. The number of pyridine rings is 2. The molecule has 3 aromatic carbocycles. The van der Waals surface area contributed by atoms with E-state index in [-0.39, 0.29) is 11.6 Å². The largest absolute Gasteiger partial charge is 0.497 e. The molecule has 0 fully saturated rings. The molecule has 0 saturated heterocycles. The minimum absolute atomic E-state index is 0.00662. The molecule has 0 saturated carbocycles. The second kappa shape index (κ2) is 11.7. The summed E-state index contributed by atoms with van der Waals surface area (Å²) in [6.07, 6.45) is 1.53. The first-order chi connectivity index (χ1) is 19.6. The molecular weight excluding hydrogens is 618 g/mol. The molecule has 0 aliphatic carbocycles. The number of rotatable bonds is 9. The quantitative estimate of drug-likeness (QED) is 0.183. The molecule has 210 valence electrons. The first kappa shape index (κ1) is 28.2. The van der Waals surface area contributed by atoms with Gasteiger partial charge in [0, 0.05) is 29.8 Å². The molecule has 8 nitrogen and oxygen atoms in total. The standard InChI is InChI=1S/C29H23BrF2N4O4S/c1-39-23-6-3-17(4-7-23)15-33-28-25(30)10-19-9-18(5-8-26(19)35-28)20-11-27(29(40-2)34-16-20)36-41(37,38)24-13-21(31)12-22(32)14-24/h3-14,16,36H,15H2,1-2H3,(H,33,35). The molecular formula is C29H23BrF2N4O4S. The van der Waals surface area contributed by atoms with Crippen molar-refractivity contribution >= 4 is 48.4 Å². The van der Waals surface area contributed by atoms with E-state index in [9.17, 15) is 17.2 Å². The number of nitrogens with one attached hydrogen (secondary N) is 2. The van der Waals surface area contributed by atoms with Crippen molar-refractivity contribution in [3.8, 4) is 22.8 Å². The van der Waals surface area contributed by atoms with Gasteiger partial charge < -0.3 is 14.8 Å². The molecule has 2 aromatic heterocycles. The first-order valence-electron chi connectivity index (χ1n) is 12.2. The number of aromatic nitrogens is 2. The molecule has 2 heterocycles. The minimum Gasteiger partial charge on any atom is -0.497 e. The number of nitrogens with zero attached hydrogens (tertiary/aromatic N) is 2. The van der Waals surface area contributed by atoms with Gasteiger partial charge in [-0.25, -0.2) is 27.2 Å². The highest BCUT2D eigenvalue weighted by Gasteiger charge is 2.20. The van der Waals surface area contributed by atoms with E-state index >= 15 is 0 Å². The van der Waals surface area contributed by atoms with Gasteiger partial charge in [-0.1, -0.05) is 18.2 Å². The summed E-state index contributed by atoms with van der Waals surface area (Å²) in [4.78, 5) is 8.38. The Kier molecular flexibility index (Phi) is 8.04. The molecule has 12 heteroatoms. The number of sulfonamides is 1. The Hall–Kier alpha value is -4.29. The summed E-state index contributed by atoms with van der Waals surface area (Å²) in [5.74, 6) is -0.573. The van der Waals surface area contributed by atoms with Crippen molar-refractivity contribution in [3.05, 3.63) is 101 Å². The van der Waals surface area contributed by atoms with Gasteiger partial charge in [-0.05, 0) is 75.6 Å². The maximum Gasteiger partial charge on any atom is 0.262 e. The van der Waals surface area contributed by atoms with Crippen molar-refractivity contribution in [1.82, 2.24) is 9.97 Å². The number of ether oxygens (including phenoxy) is 2. The van der Waals surface area contributed by atoms with E-state index in [0.717, 1.165) is 44.4 Å². The summed E-state index contributed by atoms with van der Waals surface area (Å²) in [6.45, 7) is 0.567. The van der Waals surface area contributed by atoms with E-state index in [0.29, 0.717) is 24.0 Å². The van der Waals surface area contributed by atoms with E-state index in [2.05, 4.69) is 31.0 Å². The van der Waals surface area contributed by atoms with E-state index < -0.39 is 26.6 Å². The van der Waals surface area contributed by atoms with Crippen molar-refractivity contribution in [1.29, 1.82) is 0 Å². The number of methoxy groups -OCH3 is 2. The van der Waals surface area contributed by atoms with Gasteiger partial charge in [0.15, 0.2) is 0 Å². The van der Waals surface area contributed by atoms with Gasteiger partial charge in [-0.2, -0.15) is 0 Å². The molecule has 0 atom stereocenters. The van der Waals surface area contributed by atoms with Gasteiger partial charge in [0.2, 0.25) is 5.88 Å². The number of hydrogen-bond acceptors (Lipinski definition) is 7. The molecule has 5 aromatic rings. The third-order valence-electron chi connectivity index (χ3n) is 6.16. The van der Waals surface area contributed by atoms with Crippen LogP contribution in [-0.4, -0.2) is 32.6 Å². The lowest BCUT2D eigenvalue weighted by atomic mass is 10.0. The van der Waals surface area contributed by atoms with Crippen LogP contribution in [-0.2, 0) is 16.6 Å². The normalized spacial score (nSPS) is 11.3. The van der Waals surface area contributed by atoms with Crippen LogP contribution in [0, 0.1) is 11.6 Å². The lowest BCUT2D eigenvalue weighted by molar-refractivity contribution is 0.400. The fourth-order valence-electron chi connectivity index (χ4n) is 4.12. The van der Waals surface area contributed by atoms with Gasteiger partial charge in [0.05, 0.1) is 29.1 Å². The predicted molar refractivity (Wildman–Crippen MR) is 157 cm³/mol. The summed E-state index contributed by atoms with van der Waals surface area (Å²) < 4.78 is 66.6. The van der Waals surface area contributed by atoms with Gasteiger partial charge in [0.25, 0.3) is 10.0 Å². The molecule has 0 aliphatic heterocycles. The summed E-state index contributed by atoms with van der Waals surface area (Å²) in [5.41, 5.74) is 3.12. The molecule has 0 unspecified atom stereocenters. The van der Waals surface area contributed by atoms with Crippen LogP contribution in [0.5, 0.6) is 11.6 Å². The number of benzene rings is 3. The smallest absolute Gasteiger partial charge is 0.262 e. The van der Waals surface area contributed by atoms with Gasteiger partial charge in [-0.3, -0.25) is 4.72 Å². The highest BCUT2D eigenvalue weighted by Crippen LogP contribution is 2.33. The molecule has 0 spiro atoms. The first-order valence-corrected chi connectivity index (χ1v) is 14.4. The van der Waals surface area contributed by atoms with Gasteiger partial charge >= 0.3 is 0 Å². The van der Waals surface area contributed by atoms with Crippen LogP contribution in [0.1, 0.15) is 5.56 Å². The fourth-order valence-corrected chi connectivity index (χ4v) is 5.68. The van der Waals surface area contributed by atoms with Gasteiger partial charge in [-0.15, -0.1) is 0 Å². The molecule has 0 amide bonds. The molecule has 0 aliphatic rings. The molecule has 5 rings (SSSR count). The average molecular weight is 641 g/mol. The van der Waals surface area contributed by atoms with E-state index in [1.54, 1.807) is 7.11 Å². The molecule has 2 N–H and O–H groups in total. The highest BCUT2D eigenvalue weighted by molar-refractivity contribution is 9.10. The Morgan fingerprint density at radius 2 is 1.61 bits per heavy atom. The number of halogens is 3. The third kappa shape index (κ3) is 6.39. The van der Waals surface area contributed by atoms with Crippen LogP contribution in [0.15, 0.2) is 88.4 Å². The van der Waals surface area contributed by atoms with Crippen molar-refractivity contribution in [3.63, 3.8) is 0 Å². The second-order valence-electron chi connectivity index (χ2n) is 8.92. The van der Waals surface area contributed by atoms with Crippen LogP contribution in [0.2, 0.25) is 0 Å². The maximum absolute atomic E-state index is 13.7. The zero-order valence-corrected chi connectivity index (χ0v) is 24.2. The monoisotopic (exact) mass is 640 g/mol. The molecule has 41 heavy (non-hydrogen) atoms. The van der Waals surface area contributed by atoms with E-state index in [1.807, 2.05) is 48.5 Å². The zero-order chi connectivity index (χ0) is 29.1. The van der Waals surface area contributed by atoms with Crippen LogP contribution in [0.3, 0.4) is 0 Å². The Bertz CT molecular complexity index is 1830. The maximum atomic E-state index is 13.7.